The van der Waals surface area contributed by atoms with Crippen molar-refractivity contribution in [2.45, 2.75) is 57.3 Å². The quantitative estimate of drug-likeness (QED) is 0.276. The number of nitrogens with zero attached hydrogens (tertiary/aromatic N) is 7. The third-order valence-corrected chi connectivity index (χ3v) is 9.67. The van der Waals surface area contributed by atoms with Gasteiger partial charge in [-0.25, -0.2) is 4.39 Å². The number of amides is 1. The first-order chi connectivity index (χ1) is 23.2. The average molecular weight is 660 g/mol. The van der Waals surface area contributed by atoms with Crippen LogP contribution in [0.25, 0.3) is 10.8 Å². The molecule has 0 radical (unpaired) electrons. The molecule has 4 heterocycles. The molecule has 0 saturated carbocycles. The number of anilines is 2. The number of hydrogen-bond donors (Lipinski definition) is 3. The van der Waals surface area contributed by atoms with E-state index in [1.807, 2.05) is 17.0 Å². The van der Waals surface area contributed by atoms with Gasteiger partial charge in [0.25, 0.3) is 5.91 Å². The van der Waals surface area contributed by atoms with Crippen molar-refractivity contribution < 1.29 is 29.2 Å². The molecule has 1 aromatic heterocycles. The van der Waals surface area contributed by atoms with Crippen LogP contribution in [0.2, 0.25) is 0 Å². The van der Waals surface area contributed by atoms with Crippen molar-refractivity contribution in [3.63, 3.8) is 0 Å². The van der Waals surface area contributed by atoms with Crippen LogP contribution in [0.15, 0.2) is 42.7 Å². The van der Waals surface area contributed by atoms with Gasteiger partial charge in [-0.3, -0.25) is 9.69 Å². The second-order valence-electron chi connectivity index (χ2n) is 12.9. The summed E-state index contributed by atoms with van der Waals surface area (Å²) < 4.78 is 20.2. The van der Waals surface area contributed by atoms with Crippen LogP contribution in [0.4, 0.5) is 15.9 Å². The molecule has 1 unspecified atom stereocenters. The zero-order valence-corrected chi connectivity index (χ0v) is 27.2. The number of benzene rings is 2. The van der Waals surface area contributed by atoms with Gasteiger partial charge in [0.1, 0.15) is 18.2 Å². The number of aromatic nitrogens is 2. The fourth-order valence-corrected chi connectivity index (χ4v) is 7.32. The van der Waals surface area contributed by atoms with Gasteiger partial charge < -0.3 is 34.8 Å². The number of aliphatic hydroxyl groups excluding tert-OH is 2. The van der Waals surface area contributed by atoms with Gasteiger partial charge in [0.05, 0.1) is 43.5 Å². The number of carbonyl (C=O) groups excluding carboxylic acids is 1. The number of likely N-dealkylation sites (tertiary alicyclic amines) is 1. The Balaban J connectivity index is 1.33. The lowest BCUT2D eigenvalue weighted by Crippen LogP contribution is -2.55. The van der Waals surface area contributed by atoms with E-state index in [1.165, 1.54) is 4.90 Å². The molecule has 12 nitrogen and oxygen atoms in total. The molecule has 2 aromatic carbocycles. The van der Waals surface area contributed by atoms with Gasteiger partial charge in [-0.05, 0) is 49.7 Å². The Labute approximate surface area is 279 Å². The molecule has 1 amide bonds. The highest BCUT2D eigenvalue weighted by atomic mass is 19.1. The predicted octanol–water partition coefficient (Wildman–Crippen LogP) is 2.82. The number of carbonyl (C=O) groups is 1. The minimum atomic E-state index is -1.05. The lowest BCUT2D eigenvalue weighted by molar-refractivity contribution is -0.131. The molecular formula is C35H42FN7O5. The van der Waals surface area contributed by atoms with E-state index in [0.29, 0.717) is 45.0 Å². The molecule has 3 atom stereocenters. The van der Waals surface area contributed by atoms with Crippen molar-refractivity contribution in [2.75, 3.05) is 62.3 Å². The van der Waals surface area contributed by atoms with E-state index in [4.69, 9.17) is 14.7 Å². The van der Waals surface area contributed by atoms with Gasteiger partial charge in [0, 0.05) is 61.5 Å². The maximum atomic E-state index is 13.9. The van der Waals surface area contributed by atoms with E-state index in [-0.39, 0.29) is 43.9 Å². The summed E-state index contributed by atoms with van der Waals surface area (Å²) in [6.45, 7) is 8.30. The second-order valence-corrected chi connectivity index (χ2v) is 12.9. The largest absolute Gasteiger partial charge is 0.508 e. The summed E-state index contributed by atoms with van der Waals surface area (Å²) in [5.74, 6) is -1.01. The van der Waals surface area contributed by atoms with Crippen LogP contribution in [-0.2, 0) is 17.8 Å². The lowest BCUT2D eigenvalue weighted by Gasteiger charge is -2.42. The van der Waals surface area contributed by atoms with Gasteiger partial charge >= 0.3 is 6.01 Å². The number of phenolic OH excluding ortho intramolecular Hbond substituents is 1. The van der Waals surface area contributed by atoms with E-state index in [9.17, 15) is 29.8 Å². The molecule has 6 rings (SSSR count). The van der Waals surface area contributed by atoms with Crippen molar-refractivity contribution in [2.24, 2.45) is 0 Å². The van der Waals surface area contributed by atoms with E-state index >= 15 is 0 Å². The van der Waals surface area contributed by atoms with Gasteiger partial charge in [-0.2, -0.15) is 15.2 Å². The highest BCUT2D eigenvalue weighted by molar-refractivity contribution is 5.98. The molecule has 254 valence electrons. The van der Waals surface area contributed by atoms with Crippen LogP contribution < -0.4 is 14.5 Å². The number of hydrogen-bond acceptors (Lipinski definition) is 11. The summed E-state index contributed by atoms with van der Waals surface area (Å²) in [6, 6.07) is 11.4. The molecule has 13 heteroatoms. The van der Waals surface area contributed by atoms with Crippen LogP contribution in [-0.4, -0.2) is 112 Å². The Morgan fingerprint density at radius 3 is 2.79 bits per heavy atom. The zero-order valence-electron chi connectivity index (χ0n) is 27.2. The molecule has 2 fully saturated rings. The van der Waals surface area contributed by atoms with Crippen molar-refractivity contribution >= 4 is 28.2 Å². The number of phenols is 1. The van der Waals surface area contributed by atoms with Crippen LogP contribution in [0.5, 0.6) is 11.8 Å². The summed E-state index contributed by atoms with van der Waals surface area (Å²) in [5, 5.41) is 41.6. The molecule has 3 aromatic rings. The Morgan fingerprint density at radius 1 is 1.19 bits per heavy atom. The number of aromatic hydroxyl groups is 1. The number of ether oxygens (including phenoxy) is 1. The molecule has 48 heavy (non-hydrogen) atoms. The van der Waals surface area contributed by atoms with Gasteiger partial charge in [-0.15, -0.1) is 0 Å². The molecule has 3 aliphatic rings. The van der Waals surface area contributed by atoms with E-state index in [2.05, 4.69) is 35.4 Å². The summed E-state index contributed by atoms with van der Waals surface area (Å²) in [6.07, 6.45) is 1.62. The Hall–Kier alpha value is -4.51. The highest BCUT2D eigenvalue weighted by Crippen LogP contribution is 2.38. The molecular weight excluding hydrogens is 617 g/mol. The number of halogens is 1. The van der Waals surface area contributed by atoms with Crippen LogP contribution in [0.1, 0.15) is 36.1 Å². The smallest absolute Gasteiger partial charge is 0.318 e. The number of nitriles is 1. The monoisotopic (exact) mass is 659 g/mol. The summed E-state index contributed by atoms with van der Waals surface area (Å²) in [5.41, 5.74) is 3.73. The standard InChI is InChI=1S/C35H42FN7O5/c1-22-5-3-6-24-15-27(45)16-31(32(22)24)41-12-9-29-30(19-41)38-35(48-21-26-7-4-11-40(26)18-28(46)20-44)39-33(29)42-13-14-43(34(47)23(2)36)25(17-42)8-10-37/h3,5-6,15-16,25-26,28,44-46H,2,4,7-9,11-14,17-21H2,1H3/t25-,26-,28?/m0/s1. The predicted molar refractivity (Wildman–Crippen MR) is 179 cm³/mol. The molecule has 2 saturated heterocycles. The van der Waals surface area contributed by atoms with Crippen molar-refractivity contribution in [1.82, 2.24) is 19.8 Å². The SMILES string of the molecule is C=C(F)C(=O)N1CCN(c2nc(OC[C@@H]3CCCN3CC(O)CO)nc3c2CCN(c2cc(O)cc4cccc(C)c24)C3)C[C@@H]1CC#N. The number of aryl methyl sites for hydroxylation is 1. The van der Waals surface area contributed by atoms with E-state index < -0.39 is 23.9 Å². The van der Waals surface area contributed by atoms with Crippen LogP contribution in [0.3, 0.4) is 0 Å². The second kappa shape index (κ2) is 14.3. The zero-order chi connectivity index (χ0) is 33.9. The van der Waals surface area contributed by atoms with Gasteiger partial charge in [-0.1, -0.05) is 24.8 Å². The number of fused-ring (bicyclic) bond motifs is 2. The van der Waals surface area contributed by atoms with Crippen molar-refractivity contribution in [3.8, 4) is 17.8 Å². The molecule has 0 spiro atoms. The molecule has 3 N–H and O–H groups in total. The molecule has 0 aliphatic carbocycles. The topological polar surface area (TPSA) is 150 Å². The Morgan fingerprint density at radius 2 is 2.02 bits per heavy atom. The maximum Gasteiger partial charge on any atom is 0.318 e. The number of piperazine rings is 1. The Bertz CT molecular complexity index is 1730. The maximum absolute atomic E-state index is 13.9. The third kappa shape index (κ3) is 6.87. The minimum absolute atomic E-state index is 0.0239. The summed E-state index contributed by atoms with van der Waals surface area (Å²) in [7, 11) is 0. The average Bonchev–Trinajstić information content (AvgIpc) is 3.52. The summed E-state index contributed by atoms with van der Waals surface area (Å²) in [4.78, 5) is 30.1. The molecule has 0 bridgehead atoms. The highest BCUT2D eigenvalue weighted by Gasteiger charge is 2.35. The fourth-order valence-electron chi connectivity index (χ4n) is 7.32. The molecule has 3 aliphatic heterocycles. The third-order valence-electron chi connectivity index (χ3n) is 9.67. The van der Waals surface area contributed by atoms with E-state index in [1.54, 1.807) is 12.1 Å². The normalized spacial score (nSPS) is 20.4. The van der Waals surface area contributed by atoms with Gasteiger partial charge in [0.15, 0.2) is 5.83 Å². The first kappa shape index (κ1) is 33.4. The van der Waals surface area contributed by atoms with E-state index in [0.717, 1.165) is 52.7 Å². The summed E-state index contributed by atoms with van der Waals surface area (Å²) >= 11 is 0. The fraction of sp³-hybridized carbons (Fsp3) is 0.486. The number of rotatable bonds is 10. The lowest BCUT2D eigenvalue weighted by atomic mass is 9.99. The van der Waals surface area contributed by atoms with Crippen LogP contribution in [0, 0.1) is 18.3 Å². The number of aliphatic hydroxyl groups is 2. The van der Waals surface area contributed by atoms with Crippen molar-refractivity contribution in [3.05, 3.63) is 59.6 Å². The Kier molecular flexibility index (Phi) is 9.96. The number of β-amino-alcohol motifs (C(OH)–C–C–N with tert-alkyl or cyclic N) is 1. The first-order valence-corrected chi connectivity index (χ1v) is 16.5. The first-order valence-electron chi connectivity index (χ1n) is 16.5. The van der Waals surface area contributed by atoms with Crippen molar-refractivity contribution in [1.29, 1.82) is 5.26 Å². The minimum Gasteiger partial charge on any atom is -0.508 e. The van der Waals surface area contributed by atoms with Crippen LogP contribution >= 0.6 is 0 Å². The van der Waals surface area contributed by atoms with Gasteiger partial charge in [0.2, 0.25) is 0 Å².